The summed E-state index contributed by atoms with van der Waals surface area (Å²) in [6.45, 7) is 4.62. The van der Waals surface area contributed by atoms with Crippen molar-refractivity contribution in [1.82, 2.24) is 5.32 Å². The quantitative estimate of drug-likeness (QED) is 0.734. The molecule has 1 aromatic rings. The number of benzene rings is 1. The van der Waals surface area contributed by atoms with Crippen molar-refractivity contribution in [2.24, 2.45) is 0 Å². The maximum Gasteiger partial charge on any atom is 0.216 e. The highest BCUT2D eigenvalue weighted by molar-refractivity contribution is 5.72. The van der Waals surface area contributed by atoms with E-state index in [9.17, 15) is 9.18 Å². The molecule has 0 bridgehead atoms. The van der Waals surface area contributed by atoms with E-state index in [4.69, 9.17) is 4.74 Å². The second-order valence-corrected chi connectivity index (χ2v) is 4.68. The van der Waals surface area contributed by atoms with Crippen LogP contribution in [-0.4, -0.2) is 19.1 Å². The van der Waals surface area contributed by atoms with E-state index in [1.165, 1.54) is 13.0 Å². The molecule has 0 fully saturated rings. The lowest BCUT2D eigenvalue weighted by atomic mass is 10.2. The monoisotopic (exact) mass is 267 g/mol. The van der Waals surface area contributed by atoms with Gasteiger partial charge in [0.05, 0.1) is 6.61 Å². The highest BCUT2D eigenvalue weighted by Gasteiger charge is 2.02. The van der Waals surface area contributed by atoms with Gasteiger partial charge < -0.3 is 10.1 Å². The Hall–Kier alpha value is -1.58. The third-order valence-corrected chi connectivity index (χ3v) is 2.79. The Bertz CT molecular complexity index is 407. The van der Waals surface area contributed by atoms with Crippen molar-refractivity contribution in [1.29, 1.82) is 0 Å². The molecule has 106 valence electrons. The van der Waals surface area contributed by atoms with Crippen LogP contribution in [0.25, 0.3) is 0 Å². The van der Waals surface area contributed by atoms with Gasteiger partial charge in [0.1, 0.15) is 0 Å². The van der Waals surface area contributed by atoms with Crippen LogP contribution < -0.4 is 10.1 Å². The van der Waals surface area contributed by atoms with Crippen LogP contribution in [0, 0.1) is 12.7 Å². The number of nitrogens with one attached hydrogen (secondary N) is 1. The maximum absolute atomic E-state index is 13.4. The van der Waals surface area contributed by atoms with Gasteiger partial charge in [0.25, 0.3) is 0 Å². The van der Waals surface area contributed by atoms with Crippen LogP contribution in [0.2, 0.25) is 0 Å². The number of amides is 1. The number of halogens is 1. The average molecular weight is 267 g/mol. The Morgan fingerprint density at radius 1 is 1.26 bits per heavy atom. The summed E-state index contributed by atoms with van der Waals surface area (Å²) in [6, 6.07) is 4.98. The average Bonchev–Trinajstić information content (AvgIpc) is 2.34. The van der Waals surface area contributed by atoms with Gasteiger partial charge >= 0.3 is 0 Å². The van der Waals surface area contributed by atoms with E-state index in [1.54, 1.807) is 6.07 Å². The molecule has 19 heavy (non-hydrogen) atoms. The number of hydrogen-bond donors (Lipinski definition) is 1. The molecule has 0 radical (unpaired) electrons. The van der Waals surface area contributed by atoms with Crippen LogP contribution in [-0.2, 0) is 4.79 Å². The van der Waals surface area contributed by atoms with Crippen molar-refractivity contribution >= 4 is 5.91 Å². The Morgan fingerprint density at radius 2 is 2.00 bits per heavy atom. The molecule has 0 aliphatic carbocycles. The van der Waals surface area contributed by atoms with Crippen molar-refractivity contribution in [2.75, 3.05) is 13.2 Å². The molecule has 0 saturated heterocycles. The topological polar surface area (TPSA) is 38.3 Å². The zero-order valence-corrected chi connectivity index (χ0v) is 11.7. The van der Waals surface area contributed by atoms with Gasteiger partial charge in [0.2, 0.25) is 5.91 Å². The summed E-state index contributed by atoms with van der Waals surface area (Å²) in [5.74, 6) is 0.0349. The third kappa shape index (κ3) is 6.79. The standard InChI is InChI=1S/C15H22FNO2/c1-12-7-8-15(14(16)11-12)19-10-6-4-3-5-9-17-13(2)18/h7-8,11H,3-6,9-10H2,1-2H3,(H,17,18). The first kappa shape index (κ1) is 15.5. The fourth-order valence-corrected chi connectivity index (χ4v) is 1.75. The summed E-state index contributed by atoms with van der Waals surface area (Å²) in [5.41, 5.74) is 0.892. The van der Waals surface area contributed by atoms with Crippen molar-refractivity contribution in [3.05, 3.63) is 29.6 Å². The van der Waals surface area contributed by atoms with Crippen LogP contribution >= 0.6 is 0 Å². The van der Waals surface area contributed by atoms with Crippen molar-refractivity contribution in [3.63, 3.8) is 0 Å². The van der Waals surface area contributed by atoms with E-state index in [1.807, 2.05) is 13.0 Å². The predicted octanol–water partition coefficient (Wildman–Crippen LogP) is 3.21. The van der Waals surface area contributed by atoms with Crippen LogP contribution in [0.1, 0.15) is 38.2 Å². The summed E-state index contributed by atoms with van der Waals surface area (Å²) >= 11 is 0. The molecule has 0 heterocycles. The van der Waals surface area contributed by atoms with Gasteiger partial charge in [-0.2, -0.15) is 0 Å². The Kier molecular flexibility index (Phi) is 6.93. The zero-order chi connectivity index (χ0) is 14.1. The number of carbonyl (C=O) groups is 1. The van der Waals surface area contributed by atoms with Gasteiger partial charge in [-0.15, -0.1) is 0 Å². The van der Waals surface area contributed by atoms with E-state index in [-0.39, 0.29) is 11.7 Å². The molecule has 0 aliphatic rings. The van der Waals surface area contributed by atoms with Crippen LogP contribution in [0.3, 0.4) is 0 Å². The van der Waals surface area contributed by atoms with E-state index in [2.05, 4.69) is 5.32 Å². The number of hydrogen-bond acceptors (Lipinski definition) is 2. The molecule has 4 heteroatoms. The number of carbonyl (C=O) groups excluding carboxylic acids is 1. The van der Waals surface area contributed by atoms with E-state index >= 15 is 0 Å². The first-order valence-electron chi connectivity index (χ1n) is 6.73. The first-order valence-corrected chi connectivity index (χ1v) is 6.73. The number of ether oxygens (including phenoxy) is 1. The second kappa shape index (κ2) is 8.51. The highest BCUT2D eigenvalue weighted by Crippen LogP contribution is 2.18. The fraction of sp³-hybridized carbons (Fsp3) is 0.533. The molecule has 1 aromatic carbocycles. The fourth-order valence-electron chi connectivity index (χ4n) is 1.75. The molecule has 0 aromatic heterocycles. The summed E-state index contributed by atoms with van der Waals surface area (Å²) in [6.07, 6.45) is 3.93. The number of unbranched alkanes of at least 4 members (excludes halogenated alkanes) is 3. The lowest BCUT2D eigenvalue weighted by Crippen LogP contribution is -2.20. The van der Waals surface area contributed by atoms with Gasteiger partial charge in [0, 0.05) is 13.5 Å². The Morgan fingerprint density at radius 3 is 2.68 bits per heavy atom. The summed E-state index contributed by atoms with van der Waals surface area (Å²) in [4.78, 5) is 10.6. The number of rotatable bonds is 8. The summed E-state index contributed by atoms with van der Waals surface area (Å²) in [5, 5.41) is 2.76. The minimum atomic E-state index is -0.300. The van der Waals surface area contributed by atoms with Crippen LogP contribution in [0.5, 0.6) is 5.75 Å². The van der Waals surface area contributed by atoms with Gasteiger partial charge in [-0.05, 0) is 37.5 Å². The van der Waals surface area contributed by atoms with E-state index in [0.29, 0.717) is 12.4 Å². The van der Waals surface area contributed by atoms with Gasteiger partial charge in [-0.3, -0.25) is 4.79 Å². The third-order valence-electron chi connectivity index (χ3n) is 2.79. The maximum atomic E-state index is 13.4. The molecule has 0 saturated carbocycles. The molecule has 0 aliphatic heterocycles. The summed E-state index contributed by atoms with van der Waals surface area (Å²) < 4.78 is 18.8. The normalized spacial score (nSPS) is 10.3. The highest BCUT2D eigenvalue weighted by atomic mass is 19.1. The molecule has 0 unspecified atom stereocenters. The van der Waals surface area contributed by atoms with Crippen LogP contribution in [0.15, 0.2) is 18.2 Å². The smallest absolute Gasteiger partial charge is 0.216 e. The van der Waals surface area contributed by atoms with E-state index < -0.39 is 0 Å². The zero-order valence-electron chi connectivity index (χ0n) is 11.7. The molecular weight excluding hydrogens is 245 g/mol. The lowest BCUT2D eigenvalue weighted by Gasteiger charge is -2.07. The van der Waals surface area contributed by atoms with Crippen molar-refractivity contribution < 1.29 is 13.9 Å². The molecule has 1 N–H and O–H groups in total. The van der Waals surface area contributed by atoms with Crippen LogP contribution in [0.4, 0.5) is 4.39 Å². The van der Waals surface area contributed by atoms with Crippen molar-refractivity contribution in [2.45, 2.75) is 39.5 Å². The van der Waals surface area contributed by atoms with Gasteiger partial charge in [0.15, 0.2) is 11.6 Å². The van der Waals surface area contributed by atoms with Crippen molar-refractivity contribution in [3.8, 4) is 5.75 Å². The van der Waals surface area contributed by atoms with E-state index in [0.717, 1.165) is 37.8 Å². The largest absolute Gasteiger partial charge is 0.491 e. The molecule has 1 rings (SSSR count). The summed E-state index contributed by atoms with van der Waals surface area (Å²) in [7, 11) is 0. The Balaban J connectivity index is 2.06. The Labute approximate surface area is 114 Å². The minimum Gasteiger partial charge on any atom is -0.491 e. The molecule has 0 spiro atoms. The molecule has 1 amide bonds. The number of aryl methyl sites for hydroxylation is 1. The second-order valence-electron chi connectivity index (χ2n) is 4.68. The SMILES string of the molecule is CC(=O)NCCCCCCOc1ccc(C)cc1F. The predicted molar refractivity (Wildman–Crippen MR) is 73.8 cm³/mol. The molecule has 0 atom stereocenters. The first-order chi connectivity index (χ1) is 9.09. The lowest BCUT2D eigenvalue weighted by molar-refractivity contribution is -0.118. The van der Waals surface area contributed by atoms with Gasteiger partial charge in [-0.25, -0.2) is 4.39 Å². The van der Waals surface area contributed by atoms with Gasteiger partial charge in [-0.1, -0.05) is 18.9 Å². The molecular formula is C15H22FNO2. The molecule has 3 nitrogen and oxygen atoms in total. The minimum absolute atomic E-state index is 0.0122.